The summed E-state index contributed by atoms with van der Waals surface area (Å²) in [5.74, 6) is 0.444. The van der Waals surface area contributed by atoms with Crippen molar-refractivity contribution in [3.63, 3.8) is 0 Å². The van der Waals surface area contributed by atoms with E-state index in [1.165, 1.54) is 5.57 Å². The van der Waals surface area contributed by atoms with Gasteiger partial charge in [-0.15, -0.1) is 0 Å². The quantitative estimate of drug-likeness (QED) is 0.812. The molecular formula is C25H27N5O. The van der Waals surface area contributed by atoms with Crippen LogP contribution < -0.4 is 5.32 Å². The van der Waals surface area contributed by atoms with Gasteiger partial charge in [0.05, 0.1) is 34.5 Å². The number of aryl methyl sites for hydroxylation is 2. The molecule has 0 aliphatic carbocycles. The zero-order valence-corrected chi connectivity index (χ0v) is 18.2. The third kappa shape index (κ3) is 3.68. The van der Waals surface area contributed by atoms with Crippen LogP contribution in [0.1, 0.15) is 36.8 Å². The van der Waals surface area contributed by atoms with E-state index in [4.69, 9.17) is 5.10 Å². The number of hydrogen-bond acceptors (Lipinski definition) is 4. The van der Waals surface area contributed by atoms with Crippen molar-refractivity contribution in [1.82, 2.24) is 24.8 Å². The fourth-order valence-corrected chi connectivity index (χ4v) is 4.63. The second-order valence-electron chi connectivity index (χ2n) is 8.53. The second-order valence-corrected chi connectivity index (χ2v) is 8.53. The maximum Gasteiger partial charge on any atom is 0.255 e. The SMILES string of the molecule is CC1=CC(C2CCNCC2)=CN2C(=O)/C=C(c3cc4c(C)nc(C)cn4n3)\C=C\C=C12. The second kappa shape index (κ2) is 7.78. The summed E-state index contributed by atoms with van der Waals surface area (Å²) in [5.41, 5.74) is 7.65. The fourth-order valence-electron chi connectivity index (χ4n) is 4.63. The lowest BCUT2D eigenvalue weighted by atomic mass is 9.87. The minimum atomic E-state index is -0.0485. The van der Waals surface area contributed by atoms with Crippen LogP contribution in [0.25, 0.3) is 11.1 Å². The van der Waals surface area contributed by atoms with E-state index in [-0.39, 0.29) is 5.91 Å². The number of carbonyl (C=O) groups excluding carboxylic acids is 1. The standard InChI is InChI=1S/C25H27N5O/c1-16-11-21(19-7-9-26-10-8-19)15-29-23(16)6-4-5-20(12-25(29)31)22-13-24-18(3)27-17(2)14-30(24)28-22/h4-6,11-15,19,26H,7-10H2,1-3H3/b5-4+,20-12+,23-6?. The molecule has 2 aromatic rings. The highest BCUT2D eigenvalue weighted by molar-refractivity contribution is 6.00. The Morgan fingerprint density at radius 3 is 2.74 bits per heavy atom. The Labute approximate surface area is 182 Å². The smallest absolute Gasteiger partial charge is 0.255 e. The molecule has 3 aliphatic rings. The molecule has 6 nitrogen and oxygen atoms in total. The van der Waals surface area contributed by atoms with Crippen molar-refractivity contribution in [2.45, 2.75) is 33.6 Å². The Bertz CT molecular complexity index is 1220. The normalized spacial score (nSPS) is 22.7. The molecule has 0 spiro atoms. The molecule has 2 aromatic heterocycles. The van der Waals surface area contributed by atoms with Crippen LogP contribution in [0.3, 0.4) is 0 Å². The molecule has 1 saturated heterocycles. The molecule has 158 valence electrons. The Balaban J connectivity index is 1.53. The van der Waals surface area contributed by atoms with Crippen molar-refractivity contribution in [2.24, 2.45) is 5.92 Å². The molecule has 1 fully saturated rings. The first-order chi connectivity index (χ1) is 15.0. The largest absolute Gasteiger partial charge is 0.317 e. The Morgan fingerprint density at radius 1 is 1.13 bits per heavy atom. The van der Waals surface area contributed by atoms with Crippen LogP contribution in [0.15, 0.2) is 65.7 Å². The van der Waals surface area contributed by atoms with Crippen molar-refractivity contribution in [3.05, 3.63) is 82.8 Å². The van der Waals surface area contributed by atoms with Gasteiger partial charge in [-0.05, 0) is 75.9 Å². The Kier molecular flexibility index (Phi) is 4.94. The van der Waals surface area contributed by atoms with Gasteiger partial charge in [-0.3, -0.25) is 14.7 Å². The van der Waals surface area contributed by atoms with Gasteiger partial charge in [0.2, 0.25) is 0 Å². The number of rotatable bonds is 2. The van der Waals surface area contributed by atoms with E-state index in [2.05, 4.69) is 23.3 Å². The molecule has 0 bridgehead atoms. The molecule has 0 saturated carbocycles. The summed E-state index contributed by atoms with van der Waals surface area (Å²) in [6.07, 6.45) is 16.1. The minimum absolute atomic E-state index is 0.0485. The van der Waals surface area contributed by atoms with Crippen LogP contribution in [-0.2, 0) is 4.79 Å². The predicted octanol–water partition coefficient (Wildman–Crippen LogP) is 3.86. The first-order valence-electron chi connectivity index (χ1n) is 10.9. The average molecular weight is 414 g/mol. The molecule has 0 unspecified atom stereocenters. The summed E-state index contributed by atoms with van der Waals surface area (Å²) >= 11 is 0. The van der Waals surface area contributed by atoms with E-state index in [0.29, 0.717) is 5.92 Å². The van der Waals surface area contributed by atoms with Crippen LogP contribution in [0.2, 0.25) is 0 Å². The zero-order valence-electron chi connectivity index (χ0n) is 18.2. The van der Waals surface area contributed by atoms with Gasteiger partial charge in [-0.2, -0.15) is 5.10 Å². The number of aromatic nitrogens is 3. The van der Waals surface area contributed by atoms with Gasteiger partial charge in [0.1, 0.15) is 0 Å². The minimum Gasteiger partial charge on any atom is -0.317 e. The Hall–Kier alpha value is -3.25. The lowest BCUT2D eigenvalue weighted by molar-refractivity contribution is -0.122. The molecule has 0 atom stereocenters. The number of carbonyl (C=O) groups is 1. The number of piperidine rings is 1. The maximum absolute atomic E-state index is 13.3. The Morgan fingerprint density at radius 2 is 1.94 bits per heavy atom. The number of fused-ring (bicyclic) bond motifs is 2. The van der Waals surface area contributed by atoms with Crippen molar-refractivity contribution >= 4 is 17.0 Å². The molecule has 0 radical (unpaired) electrons. The summed E-state index contributed by atoms with van der Waals surface area (Å²) in [6, 6.07) is 2.00. The number of nitrogens with zero attached hydrogens (tertiary/aromatic N) is 4. The molecule has 5 rings (SSSR count). The summed E-state index contributed by atoms with van der Waals surface area (Å²) < 4.78 is 1.84. The van der Waals surface area contributed by atoms with Gasteiger partial charge in [0, 0.05) is 17.8 Å². The monoisotopic (exact) mass is 413 g/mol. The average Bonchev–Trinajstić information content (AvgIpc) is 3.17. The van der Waals surface area contributed by atoms with Crippen molar-refractivity contribution in [2.75, 3.05) is 13.1 Å². The molecule has 6 heteroatoms. The van der Waals surface area contributed by atoms with Gasteiger partial charge >= 0.3 is 0 Å². The molecule has 3 aliphatic heterocycles. The summed E-state index contributed by atoms with van der Waals surface area (Å²) in [5, 5.41) is 8.12. The molecule has 5 heterocycles. The lowest BCUT2D eigenvalue weighted by Crippen LogP contribution is -2.32. The predicted molar refractivity (Wildman–Crippen MR) is 122 cm³/mol. The molecule has 1 amide bonds. The lowest BCUT2D eigenvalue weighted by Gasteiger charge is -2.31. The van der Waals surface area contributed by atoms with Crippen molar-refractivity contribution < 1.29 is 4.79 Å². The van der Waals surface area contributed by atoms with E-state index in [9.17, 15) is 4.79 Å². The topological polar surface area (TPSA) is 62.5 Å². The summed E-state index contributed by atoms with van der Waals surface area (Å²) in [4.78, 5) is 19.7. The third-order valence-corrected chi connectivity index (χ3v) is 6.24. The highest BCUT2D eigenvalue weighted by atomic mass is 16.2. The van der Waals surface area contributed by atoms with Crippen molar-refractivity contribution in [3.8, 4) is 0 Å². The van der Waals surface area contributed by atoms with E-state index in [0.717, 1.165) is 65.4 Å². The maximum atomic E-state index is 13.3. The van der Waals surface area contributed by atoms with Crippen LogP contribution in [-0.4, -0.2) is 38.5 Å². The molecule has 1 N–H and O–H groups in total. The van der Waals surface area contributed by atoms with Gasteiger partial charge in [-0.1, -0.05) is 18.2 Å². The van der Waals surface area contributed by atoms with E-state index in [1.807, 2.05) is 55.1 Å². The molecule has 31 heavy (non-hydrogen) atoms. The van der Waals surface area contributed by atoms with Crippen LogP contribution in [0, 0.1) is 19.8 Å². The van der Waals surface area contributed by atoms with Crippen LogP contribution >= 0.6 is 0 Å². The highest BCUT2D eigenvalue weighted by Gasteiger charge is 2.26. The van der Waals surface area contributed by atoms with Gasteiger partial charge in [0.15, 0.2) is 0 Å². The van der Waals surface area contributed by atoms with Crippen LogP contribution in [0.4, 0.5) is 0 Å². The highest BCUT2D eigenvalue weighted by Crippen LogP contribution is 2.33. The van der Waals surface area contributed by atoms with E-state index >= 15 is 0 Å². The number of amides is 1. The van der Waals surface area contributed by atoms with Crippen LogP contribution in [0.5, 0.6) is 0 Å². The number of hydrogen-bond donors (Lipinski definition) is 1. The molecular weight excluding hydrogens is 386 g/mol. The third-order valence-electron chi connectivity index (χ3n) is 6.24. The van der Waals surface area contributed by atoms with Gasteiger partial charge < -0.3 is 5.32 Å². The number of allylic oxidation sites excluding steroid dienone is 7. The summed E-state index contributed by atoms with van der Waals surface area (Å²) in [6.45, 7) is 8.07. The fraction of sp³-hybridized carbons (Fsp3) is 0.320. The van der Waals surface area contributed by atoms with E-state index in [1.54, 1.807) is 11.0 Å². The van der Waals surface area contributed by atoms with Gasteiger partial charge in [-0.25, -0.2) is 4.52 Å². The molecule has 0 aromatic carbocycles. The summed E-state index contributed by atoms with van der Waals surface area (Å²) in [7, 11) is 0. The van der Waals surface area contributed by atoms with Crippen molar-refractivity contribution in [1.29, 1.82) is 0 Å². The zero-order chi connectivity index (χ0) is 21.5. The first-order valence-corrected chi connectivity index (χ1v) is 10.9. The first kappa shape index (κ1) is 19.7. The van der Waals surface area contributed by atoms with Gasteiger partial charge in [0.25, 0.3) is 5.91 Å². The number of nitrogens with one attached hydrogen (secondary N) is 1. The van der Waals surface area contributed by atoms with E-state index < -0.39 is 0 Å².